The molecule has 0 bridgehead atoms. The quantitative estimate of drug-likeness (QED) is 0.791. The Morgan fingerprint density at radius 3 is 2.55 bits per heavy atom. The van der Waals surface area contributed by atoms with Crippen LogP contribution < -0.4 is 0 Å². The second-order valence-corrected chi connectivity index (χ2v) is 7.56. The SMILES string of the molecule is CC(C)[C@H]1CC[C@@H](C)C[C@@H]1OCC(=O)O[C@@H]1CCCC[C@@H]1O. The Bertz CT molecular complexity index is 355. The van der Waals surface area contributed by atoms with Crippen LogP contribution in [-0.2, 0) is 14.3 Å². The molecule has 0 spiro atoms. The van der Waals surface area contributed by atoms with Crippen molar-refractivity contribution in [1.82, 2.24) is 0 Å². The Labute approximate surface area is 134 Å². The summed E-state index contributed by atoms with van der Waals surface area (Å²) in [4.78, 5) is 12.0. The molecule has 2 rings (SSSR count). The van der Waals surface area contributed by atoms with Crippen LogP contribution in [0.15, 0.2) is 0 Å². The Balaban J connectivity index is 1.78. The predicted molar refractivity (Wildman–Crippen MR) is 85.4 cm³/mol. The number of carbonyl (C=O) groups is 1. The third-order valence-electron chi connectivity index (χ3n) is 5.33. The Hall–Kier alpha value is -0.610. The maximum atomic E-state index is 12.0. The van der Waals surface area contributed by atoms with E-state index in [0.717, 1.165) is 32.1 Å². The lowest BCUT2D eigenvalue weighted by Gasteiger charge is -2.37. The maximum Gasteiger partial charge on any atom is 0.332 e. The number of esters is 1. The van der Waals surface area contributed by atoms with Gasteiger partial charge >= 0.3 is 5.97 Å². The van der Waals surface area contributed by atoms with Crippen LogP contribution in [0.1, 0.15) is 65.7 Å². The third-order valence-corrected chi connectivity index (χ3v) is 5.33. The summed E-state index contributed by atoms with van der Waals surface area (Å²) < 4.78 is 11.3. The molecular formula is C18H32O4. The Morgan fingerprint density at radius 2 is 1.86 bits per heavy atom. The lowest BCUT2D eigenvalue weighted by molar-refractivity contribution is -0.167. The van der Waals surface area contributed by atoms with Crippen molar-refractivity contribution in [3.05, 3.63) is 0 Å². The highest BCUT2D eigenvalue weighted by Crippen LogP contribution is 2.35. The molecule has 0 aliphatic heterocycles. The van der Waals surface area contributed by atoms with Crippen molar-refractivity contribution in [3.63, 3.8) is 0 Å². The molecule has 1 N–H and O–H groups in total. The summed E-state index contributed by atoms with van der Waals surface area (Å²) in [6, 6.07) is 0. The molecular weight excluding hydrogens is 280 g/mol. The fourth-order valence-electron chi connectivity index (χ4n) is 3.90. The van der Waals surface area contributed by atoms with Gasteiger partial charge in [0.05, 0.1) is 12.2 Å². The predicted octanol–water partition coefficient (Wildman–Crippen LogP) is 3.31. The summed E-state index contributed by atoms with van der Waals surface area (Å²) in [6.45, 7) is 6.73. The van der Waals surface area contributed by atoms with Crippen LogP contribution in [0.2, 0.25) is 0 Å². The van der Waals surface area contributed by atoms with Gasteiger partial charge in [-0.3, -0.25) is 0 Å². The van der Waals surface area contributed by atoms with E-state index in [9.17, 15) is 9.90 Å². The summed E-state index contributed by atoms with van der Waals surface area (Å²) in [5.74, 6) is 1.45. The smallest absolute Gasteiger partial charge is 0.332 e. The topological polar surface area (TPSA) is 55.8 Å². The zero-order valence-electron chi connectivity index (χ0n) is 14.3. The van der Waals surface area contributed by atoms with Crippen molar-refractivity contribution in [3.8, 4) is 0 Å². The molecule has 2 aliphatic rings. The van der Waals surface area contributed by atoms with Gasteiger partial charge in [0.2, 0.25) is 0 Å². The first-order valence-electron chi connectivity index (χ1n) is 8.96. The van der Waals surface area contributed by atoms with Gasteiger partial charge in [-0.05, 0) is 49.9 Å². The Kier molecular flexibility index (Phi) is 6.69. The molecule has 0 radical (unpaired) electrons. The van der Waals surface area contributed by atoms with Gasteiger partial charge in [0.1, 0.15) is 12.7 Å². The number of hydrogen-bond donors (Lipinski definition) is 1. The van der Waals surface area contributed by atoms with E-state index >= 15 is 0 Å². The van der Waals surface area contributed by atoms with Crippen molar-refractivity contribution in [1.29, 1.82) is 0 Å². The molecule has 0 amide bonds. The van der Waals surface area contributed by atoms with Gasteiger partial charge < -0.3 is 14.6 Å². The van der Waals surface area contributed by atoms with E-state index in [4.69, 9.17) is 9.47 Å². The number of carbonyl (C=O) groups excluding carboxylic acids is 1. The van der Waals surface area contributed by atoms with Crippen molar-refractivity contribution in [2.45, 2.75) is 84.0 Å². The van der Waals surface area contributed by atoms with Gasteiger partial charge in [-0.1, -0.05) is 33.6 Å². The lowest BCUT2D eigenvalue weighted by atomic mass is 9.75. The van der Waals surface area contributed by atoms with Gasteiger partial charge in [0.25, 0.3) is 0 Å². The van der Waals surface area contributed by atoms with Crippen LogP contribution >= 0.6 is 0 Å². The highest BCUT2D eigenvalue weighted by Gasteiger charge is 2.32. The van der Waals surface area contributed by atoms with E-state index in [0.29, 0.717) is 17.8 Å². The van der Waals surface area contributed by atoms with Crippen LogP contribution in [0.5, 0.6) is 0 Å². The molecule has 0 aromatic carbocycles. The molecule has 5 atom stereocenters. The van der Waals surface area contributed by atoms with Crippen molar-refractivity contribution in [2.24, 2.45) is 17.8 Å². The first kappa shape index (κ1) is 17.7. The van der Waals surface area contributed by atoms with E-state index in [2.05, 4.69) is 20.8 Å². The highest BCUT2D eigenvalue weighted by atomic mass is 16.6. The zero-order valence-corrected chi connectivity index (χ0v) is 14.3. The van der Waals surface area contributed by atoms with E-state index in [1.807, 2.05) is 0 Å². The largest absolute Gasteiger partial charge is 0.458 e. The monoisotopic (exact) mass is 312 g/mol. The normalized spacial score (nSPS) is 36.3. The summed E-state index contributed by atoms with van der Waals surface area (Å²) in [5, 5.41) is 9.87. The molecule has 128 valence electrons. The number of aliphatic hydroxyl groups is 1. The van der Waals surface area contributed by atoms with Crippen LogP contribution in [0.3, 0.4) is 0 Å². The van der Waals surface area contributed by atoms with E-state index < -0.39 is 6.10 Å². The molecule has 4 heteroatoms. The molecule has 2 fully saturated rings. The van der Waals surface area contributed by atoms with Crippen molar-refractivity contribution in [2.75, 3.05) is 6.61 Å². The minimum Gasteiger partial charge on any atom is -0.458 e. The third kappa shape index (κ3) is 4.95. The number of rotatable bonds is 5. The second kappa shape index (κ2) is 8.30. The molecule has 0 unspecified atom stereocenters. The van der Waals surface area contributed by atoms with E-state index in [1.54, 1.807) is 0 Å². The van der Waals surface area contributed by atoms with Crippen LogP contribution in [0.25, 0.3) is 0 Å². The van der Waals surface area contributed by atoms with Crippen molar-refractivity contribution >= 4 is 5.97 Å². The van der Waals surface area contributed by atoms with E-state index in [-0.39, 0.29) is 24.8 Å². The van der Waals surface area contributed by atoms with Gasteiger partial charge in [-0.2, -0.15) is 0 Å². The minimum absolute atomic E-state index is 0.0177. The Morgan fingerprint density at radius 1 is 1.14 bits per heavy atom. The van der Waals surface area contributed by atoms with Crippen LogP contribution in [0, 0.1) is 17.8 Å². The first-order chi connectivity index (χ1) is 10.5. The molecule has 0 aromatic heterocycles. The standard InChI is InChI=1S/C18H32O4/c1-12(2)14-9-8-13(3)10-17(14)21-11-18(20)22-16-7-5-4-6-15(16)19/h12-17,19H,4-11H2,1-3H3/t13-,14-,15+,16-,17+/m1/s1. The number of aliphatic hydroxyl groups excluding tert-OH is 1. The summed E-state index contributed by atoms with van der Waals surface area (Å²) in [7, 11) is 0. The molecule has 4 nitrogen and oxygen atoms in total. The average molecular weight is 312 g/mol. The second-order valence-electron chi connectivity index (χ2n) is 7.56. The summed E-state index contributed by atoms with van der Waals surface area (Å²) in [5.41, 5.74) is 0. The maximum absolute atomic E-state index is 12.0. The van der Waals surface area contributed by atoms with Crippen molar-refractivity contribution < 1.29 is 19.4 Å². The molecule has 0 heterocycles. The minimum atomic E-state index is -0.504. The van der Waals surface area contributed by atoms with Gasteiger partial charge in [0, 0.05) is 0 Å². The molecule has 22 heavy (non-hydrogen) atoms. The average Bonchev–Trinajstić information content (AvgIpc) is 2.47. The van der Waals surface area contributed by atoms with Crippen LogP contribution in [0.4, 0.5) is 0 Å². The highest BCUT2D eigenvalue weighted by molar-refractivity contribution is 5.71. The summed E-state index contributed by atoms with van der Waals surface area (Å²) in [6.07, 6.45) is 6.31. The van der Waals surface area contributed by atoms with Gasteiger partial charge in [-0.25, -0.2) is 4.79 Å². The van der Waals surface area contributed by atoms with E-state index in [1.165, 1.54) is 12.8 Å². The number of ether oxygens (including phenoxy) is 2. The van der Waals surface area contributed by atoms with Gasteiger partial charge in [0.15, 0.2) is 0 Å². The fraction of sp³-hybridized carbons (Fsp3) is 0.944. The fourth-order valence-corrected chi connectivity index (χ4v) is 3.90. The molecule has 2 saturated carbocycles. The zero-order chi connectivity index (χ0) is 16.1. The summed E-state index contributed by atoms with van der Waals surface area (Å²) >= 11 is 0. The molecule has 0 saturated heterocycles. The first-order valence-corrected chi connectivity index (χ1v) is 8.96. The molecule has 2 aliphatic carbocycles. The van der Waals surface area contributed by atoms with Gasteiger partial charge in [-0.15, -0.1) is 0 Å². The number of hydrogen-bond acceptors (Lipinski definition) is 4. The molecule has 0 aromatic rings. The lowest BCUT2D eigenvalue weighted by Crippen LogP contribution is -2.38. The van der Waals surface area contributed by atoms with Crippen LogP contribution in [-0.4, -0.2) is 36.0 Å².